The van der Waals surface area contributed by atoms with Crippen molar-refractivity contribution in [2.24, 2.45) is 0 Å². The first kappa shape index (κ1) is 32.8. The van der Waals surface area contributed by atoms with Gasteiger partial charge in [-0.3, -0.25) is 4.90 Å². The van der Waals surface area contributed by atoms with Crippen LogP contribution in [0.25, 0.3) is 55.6 Å². The van der Waals surface area contributed by atoms with Crippen LogP contribution in [0, 0.1) is 0 Å². The molecule has 264 valence electrons. The summed E-state index contributed by atoms with van der Waals surface area (Å²) in [6.45, 7) is 4.48. The second-order valence-corrected chi connectivity index (χ2v) is 14.6. The maximum Gasteiger partial charge on any atom is 0.155 e. The van der Waals surface area contributed by atoms with Crippen LogP contribution in [0.15, 0.2) is 182 Å². The lowest BCUT2D eigenvalue weighted by Gasteiger charge is -2.38. The van der Waals surface area contributed by atoms with Gasteiger partial charge in [-0.05, 0) is 134 Å². The normalized spacial score (nSPS) is 12.8. The Morgan fingerprint density at radius 2 is 0.764 bits per heavy atom. The van der Waals surface area contributed by atoms with Gasteiger partial charge in [0.1, 0.15) is 5.69 Å². The number of nitrogens with zero attached hydrogens (tertiary/aromatic N) is 1. The Labute approximate surface area is 322 Å². The Hall–Kier alpha value is -6.84. The molecular weight excluding hydrogens is 671 g/mol. The molecule has 1 unspecified atom stereocenters. The minimum Gasteiger partial charge on any atom is -0.453 e. The first-order valence-corrected chi connectivity index (χ1v) is 19.1. The van der Waals surface area contributed by atoms with Crippen molar-refractivity contribution in [1.29, 1.82) is 0 Å². The van der Waals surface area contributed by atoms with Gasteiger partial charge in [-0.25, -0.2) is 0 Å². The molecule has 0 aromatic heterocycles. The van der Waals surface area contributed by atoms with E-state index in [0.717, 1.165) is 74.3 Å². The first-order valence-electron chi connectivity index (χ1n) is 19.1. The van der Waals surface area contributed by atoms with E-state index >= 15 is 0 Å². The van der Waals surface area contributed by atoms with E-state index in [1.54, 1.807) is 0 Å². The SMILES string of the molecule is CCC(C)c1cc2c3c(c1)Oc1cc(-c4cccc(-c5cc(-c6ccccc6)cc(-c6ccccc6)c5)c4)ccc1N3c1ccc(-c3ccccc3)cc1O2. The minimum absolute atomic E-state index is 0.359. The summed E-state index contributed by atoms with van der Waals surface area (Å²) >= 11 is 0. The monoisotopic (exact) mass is 709 g/mol. The standard InChI is InChI=1S/C52H39NO2/c1-3-34(2)42-32-50-52-51(33-42)55-49-31-41(23-25-47(49)53(52)46-24-22-40(30-48(46)54-50)35-14-7-4-8-15-35)38-20-13-21-39(26-38)45-28-43(36-16-9-5-10-17-36)27-44(29-45)37-18-11-6-12-19-37/h4-34H,3H2,1-2H3. The Bertz CT molecular complexity index is 2650. The fraction of sp³-hybridized carbons (Fsp3) is 0.0769. The Morgan fingerprint density at radius 3 is 1.25 bits per heavy atom. The Kier molecular flexibility index (Phi) is 8.07. The van der Waals surface area contributed by atoms with E-state index in [1.807, 2.05) is 6.07 Å². The van der Waals surface area contributed by atoms with Crippen molar-refractivity contribution in [3.63, 3.8) is 0 Å². The largest absolute Gasteiger partial charge is 0.453 e. The summed E-state index contributed by atoms with van der Waals surface area (Å²) in [6, 6.07) is 65.0. The van der Waals surface area contributed by atoms with E-state index in [2.05, 4.69) is 195 Å². The highest BCUT2D eigenvalue weighted by Gasteiger charge is 2.36. The summed E-state index contributed by atoms with van der Waals surface area (Å²) in [5.74, 6) is 3.65. The second-order valence-electron chi connectivity index (χ2n) is 14.6. The number of anilines is 3. The maximum atomic E-state index is 6.85. The fourth-order valence-corrected chi connectivity index (χ4v) is 7.92. The summed E-state index contributed by atoms with van der Waals surface area (Å²) in [5, 5.41) is 0. The van der Waals surface area contributed by atoms with Crippen LogP contribution in [0.4, 0.5) is 17.1 Å². The average Bonchev–Trinajstić information content (AvgIpc) is 3.26. The number of rotatable bonds is 7. The van der Waals surface area contributed by atoms with Crippen LogP contribution in [0.3, 0.4) is 0 Å². The van der Waals surface area contributed by atoms with Crippen molar-refractivity contribution >= 4 is 17.1 Å². The lowest BCUT2D eigenvalue weighted by atomic mass is 9.92. The predicted molar refractivity (Wildman–Crippen MR) is 227 cm³/mol. The van der Waals surface area contributed by atoms with Crippen LogP contribution in [0.5, 0.6) is 23.0 Å². The number of benzene rings is 8. The molecule has 0 saturated carbocycles. The average molecular weight is 710 g/mol. The van der Waals surface area contributed by atoms with Crippen LogP contribution in [-0.4, -0.2) is 0 Å². The Balaban J connectivity index is 1.07. The van der Waals surface area contributed by atoms with E-state index in [1.165, 1.54) is 33.4 Å². The molecular formula is C52H39NO2. The zero-order valence-corrected chi connectivity index (χ0v) is 30.9. The molecule has 8 aromatic rings. The predicted octanol–water partition coefficient (Wildman–Crippen LogP) is 15.2. The highest BCUT2D eigenvalue weighted by Crippen LogP contribution is 2.61. The van der Waals surface area contributed by atoms with Crippen molar-refractivity contribution in [2.45, 2.75) is 26.2 Å². The molecule has 0 N–H and O–H groups in total. The lowest BCUT2D eigenvalue weighted by molar-refractivity contribution is 0.444. The van der Waals surface area contributed by atoms with Crippen LogP contribution in [0.1, 0.15) is 31.7 Å². The summed E-state index contributed by atoms with van der Waals surface area (Å²) in [5.41, 5.74) is 15.8. The van der Waals surface area contributed by atoms with Gasteiger partial charge in [0.2, 0.25) is 0 Å². The molecule has 0 aliphatic carbocycles. The fourth-order valence-electron chi connectivity index (χ4n) is 7.92. The number of fused-ring (bicyclic) bond motifs is 4. The van der Waals surface area contributed by atoms with E-state index in [-0.39, 0.29) is 0 Å². The molecule has 0 radical (unpaired) electrons. The van der Waals surface area contributed by atoms with Crippen LogP contribution < -0.4 is 14.4 Å². The molecule has 0 fully saturated rings. The van der Waals surface area contributed by atoms with Crippen LogP contribution in [-0.2, 0) is 0 Å². The van der Waals surface area contributed by atoms with Gasteiger partial charge in [0, 0.05) is 0 Å². The lowest BCUT2D eigenvalue weighted by Crippen LogP contribution is -2.20. The van der Waals surface area contributed by atoms with Crippen LogP contribution >= 0.6 is 0 Å². The third-order valence-corrected chi connectivity index (χ3v) is 11.1. The zero-order valence-electron chi connectivity index (χ0n) is 30.9. The van der Waals surface area contributed by atoms with Crippen LogP contribution in [0.2, 0.25) is 0 Å². The van der Waals surface area contributed by atoms with Gasteiger partial charge in [0.25, 0.3) is 0 Å². The number of ether oxygens (including phenoxy) is 2. The molecule has 3 heteroatoms. The third-order valence-electron chi connectivity index (χ3n) is 11.1. The van der Waals surface area contributed by atoms with E-state index in [0.29, 0.717) is 5.92 Å². The number of hydrogen-bond donors (Lipinski definition) is 0. The number of hydrogen-bond acceptors (Lipinski definition) is 3. The second kappa shape index (κ2) is 13.5. The van der Waals surface area contributed by atoms with Gasteiger partial charge in [-0.2, -0.15) is 0 Å². The molecule has 10 rings (SSSR count). The van der Waals surface area contributed by atoms with Gasteiger partial charge in [-0.1, -0.05) is 135 Å². The molecule has 0 bridgehead atoms. The van der Waals surface area contributed by atoms with E-state index in [9.17, 15) is 0 Å². The summed E-state index contributed by atoms with van der Waals surface area (Å²) in [4.78, 5) is 2.32. The summed E-state index contributed by atoms with van der Waals surface area (Å²) in [6.07, 6.45) is 1.02. The summed E-state index contributed by atoms with van der Waals surface area (Å²) in [7, 11) is 0. The topological polar surface area (TPSA) is 21.7 Å². The van der Waals surface area contributed by atoms with Gasteiger partial charge in [-0.15, -0.1) is 0 Å². The molecule has 3 nitrogen and oxygen atoms in total. The van der Waals surface area contributed by atoms with Crippen molar-refractivity contribution < 1.29 is 9.47 Å². The molecule has 1 atom stereocenters. The quantitative estimate of drug-likeness (QED) is 0.164. The van der Waals surface area contributed by atoms with E-state index in [4.69, 9.17) is 9.47 Å². The third kappa shape index (κ3) is 5.95. The van der Waals surface area contributed by atoms with Gasteiger partial charge in [0.05, 0.1) is 11.4 Å². The zero-order chi connectivity index (χ0) is 36.9. The van der Waals surface area contributed by atoms with Gasteiger partial charge in [0.15, 0.2) is 23.0 Å². The van der Waals surface area contributed by atoms with Crippen molar-refractivity contribution in [3.05, 3.63) is 188 Å². The molecule has 2 heterocycles. The highest BCUT2D eigenvalue weighted by atomic mass is 16.5. The van der Waals surface area contributed by atoms with Crippen molar-refractivity contribution in [1.82, 2.24) is 0 Å². The summed E-state index contributed by atoms with van der Waals surface area (Å²) < 4.78 is 13.6. The van der Waals surface area contributed by atoms with Crippen molar-refractivity contribution in [2.75, 3.05) is 4.90 Å². The van der Waals surface area contributed by atoms with Gasteiger partial charge >= 0.3 is 0 Å². The molecule has 0 saturated heterocycles. The van der Waals surface area contributed by atoms with Gasteiger partial charge < -0.3 is 9.47 Å². The molecule has 0 spiro atoms. The van der Waals surface area contributed by atoms with Crippen molar-refractivity contribution in [3.8, 4) is 78.6 Å². The maximum absolute atomic E-state index is 6.85. The highest BCUT2D eigenvalue weighted by molar-refractivity contribution is 5.95. The molecule has 2 aliphatic rings. The molecule has 2 aliphatic heterocycles. The molecule has 55 heavy (non-hydrogen) atoms. The molecule has 8 aromatic carbocycles. The smallest absolute Gasteiger partial charge is 0.155 e. The van der Waals surface area contributed by atoms with E-state index < -0.39 is 0 Å². The molecule has 0 amide bonds. The first-order chi connectivity index (χ1) is 27.1. The Morgan fingerprint density at radius 1 is 0.382 bits per heavy atom. The minimum atomic E-state index is 0.359.